The highest BCUT2D eigenvalue weighted by molar-refractivity contribution is 5.98. The molecule has 2 aromatic rings. The van der Waals surface area contributed by atoms with Gasteiger partial charge in [-0.15, -0.1) is 0 Å². The van der Waals surface area contributed by atoms with Crippen molar-refractivity contribution in [2.75, 3.05) is 14.2 Å². The van der Waals surface area contributed by atoms with Gasteiger partial charge < -0.3 is 24.3 Å². The summed E-state index contributed by atoms with van der Waals surface area (Å²) in [7, 11) is 2.82. The maximum atomic E-state index is 13.8. The van der Waals surface area contributed by atoms with Crippen molar-refractivity contribution in [3.05, 3.63) is 47.5 Å². The van der Waals surface area contributed by atoms with Crippen LogP contribution in [0.15, 0.2) is 30.5 Å². The molecule has 0 spiro atoms. The zero-order valence-electron chi connectivity index (χ0n) is 22.3. The van der Waals surface area contributed by atoms with Gasteiger partial charge in [-0.3, -0.25) is 9.59 Å². The molecule has 1 heterocycles. The Morgan fingerprint density at radius 2 is 1.68 bits per heavy atom. The van der Waals surface area contributed by atoms with E-state index in [4.69, 9.17) is 18.9 Å². The smallest absolute Gasteiger partial charge is 0.328 e. The summed E-state index contributed by atoms with van der Waals surface area (Å²) in [5, 5.41) is 2.54. The third-order valence-electron chi connectivity index (χ3n) is 6.17. The molecule has 37 heavy (non-hydrogen) atoms. The van der Waals surface area contributed by atoms with Crippen molar-refractivity contribution in [2.45, 2.75) is 65.5 Å². The number of rotatable bonds is 12. The molecule has 0 radical (unpaired) electrons. The van der Waals surface area contributed by atoms with Crippen LogP contribution in [0, 0.1) is 11.7 Å². The summed E-state index contributed by atoms with van der Waals surface area (Å²) >= 11 is 0. The summed E-state index contributed by atoms with van der Waals surface area (Å²) in [5.41, 5.74) is 0.523. The molecule has 1 N–H and O–H groups in total. The second kappa shape index (κ2) is 13.6. The lowest BCUT2D eigenvalue weighted by molar-refractivity contribution is -0.152. The van der Waals surface area contributed by atoms with Crippen molar-refractivity contribution in [1.29, 1.82) is 0 Å². The Morgan fingerprint density at radius 3 is 2.24 bits per heavy atom. The molecule has 202 valence electrons. The third-order valence-corrected chi connectivity index (χ3v) is 6.17. The number of aromatic nitrogens is 1. The van der Waals surface area contributed by atoms with Crippen LogP contribution in [0.25, 0.3) is 0 Å². The Labute approximate surface area is 216 Å². The maximum Gasteiger partial charge on any atom is 0.328 e. The Kier molecular flexibility index (Phi) is 10.8. The van der Waals surface area contributed by atoms with Crippen molar-refractivity contribution in [3.63, 3.8) is 0 Å². The minimum Gasteiger partial charge on any atom is -0.496 e. The van der Waals surface area contributed by atoms with Crippen LogP contribution in [0.4, 0.5) is 4.39 Å². The van der Waals surface area contributed by atoms with Gasteiger partial charge in [0, 0.05) is 36.7 Å². The molecule has 3 atom stereocenters. The number of pyridine rings is 1. The first-order chi connectivity index (χ1) is 17.6. The topological polar surface area (TPSA) is 113 Å². The number of hydrogen-bond donors (Lipinski definition) is 1. The second-order valence-corrected chi connectivity index (χ2v) is 8.61. The number of benzene rings is 1. The minimum absolute atomic E-state index is 0.124. The number of carbonyl (C=O) groups excluding carboxylic acids is 3. The normalized spacial score (nSPS) is 13.3. The first-order valence-corrected chi connectivity index (χ1v) is 12.1. The van der Waals surface area contributed by atoms with Crippen LogP contribution in [0.3, 0.4) is 0 Å². The highest BCUT2D eigenvalue weighted by atomic mass is 19.1. The zero-order valence-corrected chi connectivity index (χ0v) is 22.3. The summed E-state index contributed by atoms with van der Waals surface area (Å²) in [6.07, 6.45) is 2.32. The van der Waals surface area contributed by atoms with Crippen LogP contribution in [0.5, 0.6) is 17.2 Å². The van der Waals surface area contributed by atoms with Crippen molar-refractivity contribution in [2.24, 2.45) is 5.92 Å². The number of carbonyl (C=O) groups is 3. The summed E-state index contributed by atoms with van der Waals surface area (Å²) in [4.78, 5) is 41.4. The number of nitrogens with zero attached hydrogens (tertiary/aromatic N) is 1. The largest absolute Gasteiger partial charge is 0.496 e. The number of esters is 2. The Hall–Kier alpha value is -3.69. The molecule has 0 unspecified atom stereocenters. The third kappa shape index (κ3) is 7.41. The van der Waals surface area contributed by atoms with E-state index in [0.29, 0.717) is 5.75 Å². The van der Waals surface area contributed by atoms with Gasteiger partial charge in [-0.2, -0.15) is 0 Å². The average molecular weight is 519 g/mol. The fourth-order valence-electron chi connectivity index (χ4n) is 4.32. The molecule has 0 aliphatic heterocycles. The first-order valence-electron chi connectivity index (χ1n) is 12.1. The molecular formula is C27H35FN2O7. The van der Waals surface area contributed by atoms with E-state index in [-0.39, 0.29) is 29.0 Å². The predicted octanol–water partition coefficient (Wildman–Crippen LogP) is 4.43. The quantitative estimate of drug-likeness (QED) is 0.411. The van der Waals surface area contributed by atoms with E-state index in [1.165, 1.54) is 52.5 Å². The van der Waals surface area contributed by atoms with E-state index in [9.17, 15) is 18.8 Å². The van der Waals surface area contributed by atoms with Gasteiger partial charge in [-0.1, -0.05) is 32.8 Å². The maximum absolute atomic E-state index is 13.8. The molecule has 9 nitrogen and oxygen atoms in total. The molecule has 1 aromatic carbocycles. The number of methoxy groups -OCH3 is 2. The number of hydrogen-bond acceptors (Lipinski definition) is 8. The van der Waals surface area contributed by atoms with Crippen molar-refractivity contribution >= 4 is 17.8 Å². The lowest BCUT2D eigenvalue weighted by Gasteiger charge is -2.32. The lowest BCUT2D eigenvalue weighted by atomic mass is 9.79. The van der Waals surface area contributed by atoms with E-state index >= 15 is 0 Å². The summed E-state index contributed by atoms with van der Waals surface area (Å²) in [6, 6.07) is 4.70. The van der Waals surface area contributed by atoms with E-state index < -0.39 is 35.8 Å². The zero-order chi connectivity index (χ0) is 27.7. The van der Waals surface area contributed by atoms with Gasteiger partial charge >= 0.3 is 11.9 Å². The van der Waals surface area contributed by atoms with Gasteiger partial charge in [0.25, 0.3) is 5.91 Å². The first kappa shape index (κ1) is 29.5. The van der Waals surface area contributed by atoms with Crippen molar-refractivity contribution in [3.8, 4) is 17.2 Å². The fraction of sp³-hybridized carbons (Fsp3) is 0.481. The van der Waals surface area contributed by atoms with Gasteiger partial charge in [0.1, 0.15) is 23.7 Å². The fourth-order valence-corrected chi connectivity index (χ4v) is 4.32. The van der Waals surface area contributed by atoms with Crippen LogP contribution >= 0.6 is 0 Å². The molecular weight excluding hydrogens is 483 g/mol. The standard InChI is InChI=1S/C27H35FN2O7/c1-8-18(9-2)23(20-11-10-19(28)14-22(20)35-7)16(4)36-27(33)15(3)30-26(32)24-25(37-17(5)31)21(34-6)12-13-29-24/h10-16,18,23H,8-9H2,1-7H3,(H,30,32)/t15-,16-,23+/m0/s1. The highest BCUT2D eigenvalue weighted by Gasteiger charge is 2.33. The molecule has 0 aliphatic carbocycles. The number of halogens is 1. The number of amides is 1. The highest BCUT2D eigenvalue weighted by Crippen LogP contribution is 2.39. The molecule has 0 bridgehead atoms. The molecule has 0 saturated carbocycles. The van der Waals surface area contributed by atoms with Gasteiger partial charge in [0.15, 0.2) is 11.4 Å². The van der Waals surface area contributed by atoms with E-state index in [2.05, 4.69) is 10.3 Å². The van der Waals surface area contributed by atoms with E-state index in [1.807, 2.05) is 13.8 Å². The Balaban J connectivity index is 2.25. The van der Waals surface area contributed by atoms with Crippen LogP contribution < -0.4 is 19.5 Å². The average Bonchev–Trinajstić information content (AvgIpc) is 2.86. The molecule has 0 aliphatic rings. The Morgan fingerprint density at radius 1 is 1.03 bits per heavy atom. The van der Waals surface area contributed by atoms with E-state index in [1.54, 1.807) is 13.0 Å². The summed E-state index contributed by atoms with van der Waals surface area (Å²) < 4.78 is 35.3. The Bertz CT molecular complexity index is 1100. The number of ether oxygens (including phenoxy) is 4. The van der Waals surface area contributed by atoms with Gasteiger partial charge in [0.2, 0.25) is 5.75 Å². The number of nitrogens with one attached hydrogen (secondary N) is 1. The van der Waals surface area contributed by atoms with Crippen LogP contribution in [0.1, 0.15) is 69.4 Å². The molecule has 10 heteroatoms. The molecule has 2 rings (SSSR count). The summed E-state index contributed by atoms with van der Waals surface area (Å²) in [5.74, 6) is -2.29. The SMILES string of the molecule is CCC(CC)[C@H](c1ccc(F)cc1OC)[C@H](C)OC(=O)[C@H](C)NC(=O)c1nccc(OC)c1OC(C)=O. The van der Waals surface area contributed by atoms with Gasteiger partial charge in [0.05, 0.1) is 14.2 Å². The van der Waals surface area contributed by atoms with Crippen LogP contribution in [0.2, 0.25) is 0 Å². The van der Waals surface area contributed by atoms with Gasteiger partial charge in [-0.05, 0) is 25.8 Å². The molecule has 0 saturated heterocycles. The van der Waals surface area contributed by atoms with Crippen LogP contribution in [-0.2, 0) is 14.3 Å². The predicted molar refractivity (Wildman–Crippen MR) is 134 cm³/mol. The monoisotopic (exact) mass is 518 g/mol. The van der Waals surface area contributed by atoms with Crippen molar-refractivity contribution in [1.82, 2.24) is 10.3 Å². The second-order valence-electron chi connectivity index (χ2n) is 8.61. The van der Waals surface area contributed by atoms with Gasteiger partial charge in [-0.25, -0.2) is 14.2 Å². The molecule has 1 aromatic heterocycles. The molecule has 0 fully saturated rings. The lowest BCUT2D eigenvalue weighted by Crippen LogP contribution is -2.42. The minimum atomic E-state index is -1.05. The molecule has 1 amide bonds. The van der Waals surface area contributed by atoms with Crippen molar-refractivity contribution < 1.29 is 37.7 Å². The summed E-state index contributed by atoms with van der Waals surface area (Å²) in [6.45, 7) is 8.50. The van der Waals surface area contributed by atoms with Crippen LogP contribution in [-0.4, -0.2) is 49.2 Å². The van der Waals surface area contributed by atoms with E-state index in [0.717, 1.165) is 18.4 Å².